The molecule has 0 amide bonds. The van der Waals surface area contributed by atoms with Gasteiger partial charge in [-0.2, -0.15) is 5.26 Å². The van der Waals surface area contributed by atoms with Crippen molar-refractivity contribution >= 4 is 8.32 Å². The first-order valence-electron chi connectivity index (χ1n) is 6.03. The molecule has 0 radical (unpaired) electrons. The van der Waals surface area contributed by atoms with Crippen LogP contribution in [0, 0.1) is 18.3 Å². The highest BCUT2D eigenvalue weighted by Gasteiger charge is 2.41. The lowest BCUT2D eigenvalue weighted by molar-refractivity contribution is 0.132. The molecule has 0 N–H and O–H groups in total. The number of nitrogens with zero attached hydrogens (tertiary/aromatic N) is 1. The van der Waals surface area contributed by atoms with E-state index in [0.717, 1.165) is 12.8 Å². The molecule has 0 heterocycles. The molecule has 1 aromatic carbocycles. The van der Waals surface area contributed by atoms with Gasteiger partial charge in [-0.25, -0.2) is 0 Å². The van der Waals surface area contributed by atoms with Crippen LogP contribution in [0.4, 0.5) is 0 Å². The number of aryl methyl sites for hydroxylation is 1. The van der Waals surface area contributed by atoms with Crippen LogP contribution < -0.4 is 0 Å². The number of hydrogen-bond acceptors (Lipinski definition) is 2. The summed E-state index contributed by atoms with van der Waals surface area (Å²) in [5.74, 6) is 0. The SMILES string of the molecule is Cc1ccc2c(c1)C[C@](C#N)(O[Si](C)(C)C)C2. The minimum absolute atomic E-state index is 0.611. The molecule has 0 saturated heterocycles. The van der Waals surface area contributed by atoms with E-state index in [1.165, 1.54) is 16.7 Å². The third-order valence-electron chi connectivity index (χ3n) is 3.02. The molecule has 3 heteroatoms. The highest BCUT2D eigenvalue weighted by Crippen LogP contribution is 2.35. The molecule has 2 rings (SSSR count). The van der Waals surface area contributed by atoms with Crippen molar-refractivity contribution in [3.8, 4) is 6.07 Å². The van der Waals surface area contributed by atoms with Crippen LogP contribution in [0.2, 0.25) is 19.6 Å². The Morgan fingerprint density at radius 3 is 2.47 bits per heavy atom. The van der Waals surface area contributed by atoms with Crippen LogP contribution in [0.5, 0.6) is 0 Å². The van der Waals surface area contributed by atoms with Crippen LogP contribution in [-0.2, 0) is 17.3 Å². The molecule has 2 nitrogen and oxygen atoms in total. The smallest absolute Gasteiger partial charge is 0.185 e. The summed E-state index contributed by atoms with van der Waals surface area (Å²) in [6, 6.07) is 8.84. The zero-order chi connectivity index (χ0) is 12.7. The Morgan fingerprint density at radius 2 is 1.88 bits per heavy atom. The van der Waals surface area contributed by atoms with Crippen LogP contribution in [0.1, 0.15) is 16.7 Å². The Labute approximate surface area is 104 Å². The van der Waals surface area contributed by atoms with E-state index in [1.54, 1.807) is 0 Å². The fraction of sp³-hybridized carbons (Fsp3) is 0.500. The third kappa shape index (κ3) is 2.59. The standard InChI is InChI=1S/C14H19NOSi/c1-11-5-6-12-8-14(10-15,9-13(12)7-11)16-17(2,3)4/h5-7H,8-9H2,1-4H3/t14-/m1/s1. The zero-order valence-electron chi connectivity index (χ0n) is 11.0. The van der Waals surface area contributed by atoms with Crippen LogP contribution in [-0.4, -0.2) is 13.9 Å². The van der Waals surface area contributed by atoms with Crippen molar-refractivity contribution in [2.24, 2.45) is 0 Å². The van der Waals surface area contributed by atoms with Crippen molar-refractivity contribution in [2.75, 3.05) is 0 Å². The number of rotatable bonds is 2. The maximum absolute atomic E-state index is 9.47. The summed E-state index contributed by atoms with van der Waals surface area (Å²) in [6.07, 6.45) is 1.48. The predicted octanol–water partition coefficient (Wildman–Crippen LogP) is 3.21. The molecule has 90 valence electrons. The first-order chi connectivity index (χ1) is 7.84. The molecule has 1 aromatic rings. The predicted molar refractivity (Wildman–Crippen MR) is 71.4 cm³/mol. The van der Waals surface area contributed by atoms with E-state index in [9.17, 15) is 5.26 Å². The van der Waals surface area contributed by atoms with E-state index in [0.29, 0.717) is 0 Å². The summed E-state index contributed by atoms with van der Waals surface area (Å²) in [5, 5.41) is 9.47. The van der Waals surface area contributed by atoms with Gasteiger partial charge in [-0.05, 0) is 37.7 Å². The molecule has 0 aliphatic heterocycles. The second kappa shape index (κ2) is 3.97. The molecule has 0 saturated carbocycles. The van der Waals surface area contributed by atoms with Crippen molar-refractivity contribution in [1.29, 1.82) is 5.26 Å². The first kappa shape index (κ1) is 12.3. The minimum atomic E-state index is -1.69. The van der Waals surface area contributed by atoms with Gasteiger partial charge in [0.1, 0.15) is 0 Å². The van der Waals surface area contributed by atoms with Gasteiger partial charge in [0.25, 0.3) is 0 Å². The summed E-state index contributed by atoms with van der Waals surface area (Å²) < 4.78 is 6.14. The Morgan fingerprint density at radius 1 is 1.24 bits per heavy atom. The summed E-state index contributed by atoms with van der Waals surface area (Å²) in [6.45, 7) is 8.51. The van der Waals surface area contributed by atoms with Gasteiger partial charge in [-0.3, -0.25) is 0 Å². The monoisotopic (exact) mass is 245 g/mol. The molecule has 0 aromatic heterocycles. The molecule has 0 fully saturated rings. The molecule has 0 unspecified atom stereocenters. The van der Waals surface area contributed by atoms with Gasteiger partial charge in [-0.1, -0.05) is 23.8 Å². The minimum Gasteiger partial charge on any atom is -0.399 e. The van der Waals surface area contributed by atoms with E-state index in [1.807, 2.05) is 0 Å². The lowest BCUT2D eigenvalue weighted by atomic mass is 10.0. The fourth-order valence-corrected chi connectivity index (χ4v) is 3.89. The van der Waals surface area contributed by atoms with E-state index in [2.05, 4.69) is 50.8 Å². The number of nitriles is 1. The Kier molecular flexibility index (Phi) is 2.88. The number of benzene rings is 1. The van der Waals surface area contributed by atoms with Crippen molar-refractivity contribution in [1.82, 2.24) is 0 Å². The highest BCUT2D eigenvalue weighted by molar-refractivity contribution is 6.69. The number of hydrogen-bond donors (Lipinski definition) is 0. The van der Waals surface area contributed by atoms with E-state index in [4.69, 9.17) is 4.43 Å². The quantitative estimate of drug-likeness (QED) is 0.750. The molecular formula is C14H19NOSi. The molecule has 0 bridgehead atoms. The highest BCUT2D eigenvalue weighted by atomic mass is 28.4. The van der Waals surface area contributed by atoms with Gasteiger partial charge in [0.15, 0.2) is 13.9 Å². The number of fused-ring (bicyclic) bond motifs is 1. The molecule has 1 atom stereocenters. The van der Waals surface area contributed by atoms with Gasteiger partial charge in [0, 0.05) is 12.8 Å². The molecule has 0 spiro atoms. The summed E-state index contributed by atoms with van der Waals surface area (Å²) in [5.41, 5.74) is 3.20. The topological polar surface area (TPSA) is 33.0 Å². The lowest BCUT2D eigenvalue weighted by Gasteiger charge is -2.29. The van der Waals surface area contributed by atoms with Gasteiger partial charge in [-0.15, -0.1) is 0 Å². The second-order valence-corrected chi connectivity index (χ2v) is 10.4. The van der Waals surface area contributed by atoms with Crippen LogP contribution >= 0.6 is 0 Å². The normalized spacial score (nSPS) is 23.2. The van der Waals surface area contributed by atoms with Gasteiger partial charge >= 0.3 is 0 Å². The van der Waals surface area contributed by atoms with Crippen LogP contribution in [0.25, 0.3) is 0 Å². The molecule has 1 aliphatic rings. The second-order valence-electron chi connectivity index (χ2n) is 5.95. The van der Waals surface area contributed by atoms with Gasteiger partial charge in [0.05, 0.1) is 6.07 Å². The van der Waals surface area contributed by atoms with Crippen molar-refractivity contribution in [3.63, 3.8) is 0 Å². The maximum atomic E-state index is 9.47. The van der Waals surface area contributed by atoms with Crippen molar-refractivity contribution in [2.45, 2.75) is 45.0 Å². The Hall–Kier alpha value is -1.11. The largest absolute Gasteiger partial charge is 0.399 e. The third-order valence-corrected chi connectivity index (χ3v) is 4.02. The fourth-order valence-electron chi connectivity index (χ4n) is 2.53. The van der Waals surface area contributed by atoms with Crippen molar-refractivity contribution in [3.05, 3.63) is 34.9 Å². The van der Waals surface area contributed by atoms with E-state index >= 15 is 0 Å². The maximum Gasteiger partial charge on any atom is 0.185 e. The zero-order valence-corrected chi connectivity index (χ0v) is 12.0. The Bertz CT molecular complexity index is 484. The average molecular weight is 245 g/mol. The van der Waals surface area contributed by atoms with Crippen molar-refractivity contribution < 1.29 is 4.43 Å². The Balaban J connectivity index is 2.30. The van der Waals surface area contributed by atoms with E-state index in [-0.39, 0.29) is 0 Å². The summed E-state index contributed by atoms with van der Waals surface area (Å²) in [4.78, 5) is 0. The summed E-state index contributed by atoms with van der Waals surface area (Å²) in [7, 11) is -1.69. The first-order valence-corrected chi connectivity index (χ1v) is 9.44. The average Bonchev–Trinajstić information content (AvgIpc) is 2.53. The lowest BCUT2D eigenvalue weighted by Crippen LogP contribution is -2.42. The van der Waals surface area contributed by atoms with Gasteiger partial charge in [0.2, 0.25) is 0 Å². The van der Waals surface area contributed by atoms with E-state index < -0.39 is 13.9 Å². The van der Waals surface area contributed by atoms with Gasteiger partial charge < -0.3 is 4.43 Å². The molecular weight excluding hydrogens is 226 g/mol. The summed E-state index contributed by atoms with van der Waals surface area (Å²) >= 11 is 0. The molecule has 1 aliphatic carbocycles. The molecule has 17 heavy (non-hydrogen) atoms. The van der Waals surface area contributed by atoms with Crippen LogP contribution in [0.3, 0.4) is 0 Å². The van der Waals surface area contributed by atoms with Crippen LogP contribution in [0.15, 0.2) is 18.2 Å².